The van der Waals surface area contributed by atoms with Crippen LogP contribution in [0.25, 0.3) is 0 Å². The number of benzene rings is 2. The molecule has 0 saturated heterocycles. The second kappa shape index (κ2) is 7.16. The molecular formula is C24H25N4O3+. The number of hydrogen-bond acceptors (Lipinski definition) is 6. The van der Waals surface area contributed by atoms with E-state index < -0.39 is 5.60 Å². The molecule has 0 spiro atoms. The zero-order valence-corrected chi connectivity index (χ0v) is 17.5. The van der Waals surface area contributed by atoms with Crippen LogP contribution in [0, 0.1) is 5.92 Å². The first kappa shape index (κ1) is 19.7. The third-order valence-electron chi connectivity index (χ3n) is 5.97. The van der Waals surface area contributed by atoms with Gasteiger partial charge in [-0.15, -0.1) is 4.59 Å². The number of amidine groups is 1. The monoisotopic (exact) mass is 417 g/mol. The van der Waals surface area contributed by atoms with E-state index in [1.807, 2.05) is 61.7 Å². The second-order valence-corrected chi connectivity index (χ2v) is 8.44. The molecule has 1 aliphatic carbocycles. The van der Waals surface area contributed by atoms with Gasteiger partial charge in [-0.05, 0) is 50.1 Å². The van der Waals surface area contributed by atoms with Crippen molar-refractivity contribution in [3.8, 4) is 17.2 Å². The van der Waals surface area contributed by atoms with Gasteiger partial charge in [0.05, 0.1) is 30.7 Å². The van der Waals surface area contributed by atoms with Crippen molar-refractivity contribution in [2.45, 2.75) is 25.4 Å². The third kappa shape index (κ3) is 3.37. The molecule has 2 heterocycles. The second-order valence-electron chi connectivity index (χ2n) is 8.44. The van der Waals surface area contributed by atoms with Crippen LogP contribution in [-0.2, 0) is 0 Å². The maximum absolute atomic E-state index is 10.2. The van der Waals surface area contributed by atoms with E-state index in [1.165, 1.54) is 0 Å². The highest BCUT2D eigenvalue weighted by molar-refractivity contribution is 6.00. The van der Waals surface area contributed by atoms with Gasteiger partial charge in [-0.1, -0.05) is 18.2 Å². The molecule has 2 aromatic rings. The third-order valence-corrected chi connectivity index (χ3v) is 5.97. The van der Waals surface area contributed by atoms with E-state index in [1.54, 1.807) is 19.5 Å². The van der Waals surface area contributed by atoms with Gasteiger partial charge in [-0.3, -0.25) is 4.99 Å². The summed E-state index contributed by atoms with van der Waals surface area (Å²) in [6, 6.07) is 15.2. The number of aliphatic imine (C=N–C) groups is 2. The van der Waals surface area contributed by atoms with Crippen LogP contribution in [0.4, 0.5) is 0 Å². The first-order valence-electron chi connectivity index (χ1n) is 10.3. The number of ether oxygens (including phenoxy) is 2. The molecule has 7 nitrogen and oxygen atoms in total. The topological polar surface area (TPSA) is 89.4 Å². The van der Waals surface area contributed by atoms with Gasteiger partial charge in [-0.25, -0.2) is 0 Å². The summed E-state index contributed by atoms with van der Waals surface area (Å²) >= 11 is 0. The Kier molecular flexibility index (Phi) is 4.55. The number of aliphatic hydroxyl groups is 1. The molecule has 3 N–H and O–H groups in total. The van der Waals surface area contributed by atoms with Crippen LogP contribution in [0.1, 0.15) is 25.3 Å². The predicted octanol–water partition coefficient (Wildman–Crippen LogP) is 3.87. The summed E-state index contributed by atoms with van der Waals surface area (Å²) in [5.74, 6) is 9.57. The fraction of sp³-hybridized carbons (Fsp3) is 0.250. The Morgan fingerprint density at radius 1 is 1.13 bits per heavy atom. The van der Waals surface area contributed by atoms with Crippen LogP contribution >= 0.6 is 0 Å². The van der Waals surface area contributed by atoms with Crippen molar-refractivity contribution in [2.24, 2.45) is 21.7 Å². The van der Waals surface area contributed by atoms with Crippen LogP contribution in [0.15, 0.2) is 82.3 Å². The quantitative estimate of drug-likeness (QED) is 0.571. The molecule has 31 heavy (non-hydrogen) atoms. The predicted molar refractivity (Wildman–Crippen MR) is 119 cm³/mol. The number of hydrogen-bond donors (Lipinski definition) is 2. The smallest absolute Gasteiger partial charge is 0.265 e. The van der Waals surface area contributed by atoms with Crippen LogP contribution in [0.2, 0.25) is 0 Å². The van der Waals surface area contributed by atoms with Crippen molar-refractivity contribution in [1.29, 1.82) is 0 Å². The molecule has 2 aromatic carbocycles. The fourth-order valence-corrected chi connectivity index (χ4v) is 4.41. The first-order chi connectivity index (χ1) is 14.9. The summed E-state index contributed by atoms with van der Waals surface area (Å²) in [5, 5.41) is 10.2. The van der Waals surface area contributed by atoms with E-state index in [0.717, 1.165) is 22.7 Å². The van der Waals surface area contributed by atoms with E-state index in [-0.39, 0.29) is 10.5 Å². The van der Waals surface area contributed by atoms with Crippen LogP contribution in [0.5, 0.6) is 17.2 Å². The van der Waals surface area contributed by atoms with Gasteiger partial charge >= 0.3 is 0 Å². The highest BCUT2D eigenvalue weighted by Gasteiger charge is 2.50. The standard InChI is InChI=1S/C24H25N4O3/c1-24(29)13-17(14-24)22-19-15-26-10-11-28(19,25)23(27-22)16-8-9-20(21(12-16)30-2)31-18-6-4-3-5-7-18/h3-12,15,17,29H,13-14,25H2,1-2H3/q+1. The van der Waals surface area contributed by atoms with Gasteiger partial charge in [0.25, 0.3) is 5.84 Å². The number of nitrogens with zero attached hydrogens (tertiary/aromatic N) is 3. The molecular weight excluding hydrogens is 392 g/mol. The molecule has 1 saturated carbocycles. The van der Waals surface area contributed by atoms with Crippen molar-refractivity contribution in [2.75, 3.05) is 7.11 Å². The molecule has 0 radical (unpaired) electrons. The number of methoxy groups -OCH3 is 1. The lowest BCUT2D eigenvalue weighted by Gasteiger charge is -2.40. The van der Waals surface area contributed by atoms with E-state index in [4.69, 9.17) is 20.3 Å². The lowest BCUT2D eigenvalue weighted by atomic mass is 9.70. The number of nitrogens with two attached hydrogens (primary N) is 1. The first-order valence-corrected chi connectivity index (χ1v) is 10.3. The summed E-state index contributed by atoms with van der Waals surface area (Å²) in [6.45, 7) is 1.85. The molecule has 0 amide bonds. The van der Waals surface area contributed by atoms with Crippen molar-refractivity contribution in [1.82, 2.24) is 0 Å². The minimum absolute atomic E-state index is 0.0560. The molecule has 1 atom stereocenters. The van der Waals surface area contributed by atoms with E-state index in [0.29, 0.717) is 30.2 Å². The normalized spacial score (nSPS) is 28.8. The largest absolute Gasteiger partial charge is 0.493 e. The summed E-state index contributed by atoms with van der Waals surface area (Å²) in [7, 11) is 1.61. The van der Waals surface area contributed by atoms with Gasteiger partial charge in [0, 0.05) is 5.92 Å². The molecule has 0 bridgehead atoms. The van der Waals surface area contributed by atoms with Crippen molar-refractivity contribution in [3.05, 3.63) is 77.9 Å². The van der Waals surface area contributed by atoms with E-state index in [2.05, 4.69) is 4.99 Å². The van der Waals surface area contributed by atoms with E-state index in [9.17, 15) is 5.11 Å². The lowest BCUT2D eigenvalue weighted by molar-refractivity contribution is -0.750. The minimum atomic E-state index is -0.651. The van der Waals surface area contributed by atoms with Crippen LogP contribution in [0.3, 0.4) is 0 Å². The highest BCUT2D eigenvalue weighted by Crippen LogP contribution is 2.47. The Bertz CT molecular complexity index is 1140. The summed E-state index contributed by atoms with van der Waals surface area (Å²) in [6.07, 6.45) is 6.59. The average Bonchev–Trinajstić information content (AvgIpc) is 3.06. The molecule has 0 aromatic heterocycles. The van der Waals surface area contributed by atoms with Crippen LogP contribution < -0.4 is 15.3 Å². The van der Waals surface area contributed by atoms with Crippen molar-refractivity contribution >= 4 is 12.1 Å². The molecule has 158 valence electrons. The molecule has 5 rings (SSSR count). The average molecular weight is 417 g/mol. The SMILES string of the molecule is COc1cc(C2=NC(C3CC(C)(O)C3)=C3C=NC=C[N+]23N)ccc1Oc1ccccc1. The minimum Gasteiger partial charge on any atom is -0.493 e. The molecule has 2 aliphatic heterocycles. The molecule has 3 aliphatic rings. The van der Waals surface area contributed by atoms with Gasteiger partial charge in [-0.2, -0.15) is 10.8 Å². The number of quaternary nitrogens is 1. The Labute approximate surface area is 181 Å². The van der Waals surface area contributed by atoms with Gasteiger partial charge in [0.15, 0.2) is 11.5 Å². The number of fused-ring (bicyclic) bond motifs is 1. The zero-order valence-electron chi connectivity index (χ0n) is 17.5. The number of rotatable bonds is 5. The number of allylic oxidation sites excluding steroid dienone is 2. The summed E-state index contributed by atoms with van der Waals surface area (Å²) < 4.78 is 11.5. The highest BCUT2D eigenvalue weighted by atomic mass is 16.5. The maximum atomic E-state index is 10.2. The van der Waals surface area contributed by atoms with Crippen LogP contribution in [-0.4, -0.2) is 34.5 Å². The summed E-state index contributed by atoms with van der Waals surface area (Å²) in [5.41, 5.74) is 1.91. The van der Waals surface area contributed by atoms with Gasteiger partial charge < -0.3 is 14.6 Å². The maximum Gasteiger partial charge on any atom is 0.265 e. The number of para-hydroxylation sites is 1. The van der Waals surface area contributed by atoms with Crippen molar-refractivity contribution < 1.29 is 19.2 Å². The Hall–Kier alpha value is -3.26. The van der Waals surface area contributed by atoms with Gasteiger partial charge in [0.1, 0.15) is 17.6 Å². The van der Waals surface area contributed by atoms with E-state index >= 15 is 0 Å². The van der Waals surface area contributed by atoms with Gasteiger partial charge in [0.2, 0.25) is 5.70 Å². The Balaban J connectivity index is 1.51. The Morgan fingerprint density at radius 3 is 2.61 bits per heavy atom. The fourth-order valence-electron chi connectivity index (χ4n) is 4.41. The molecule has 7 heteroatoms. The van der Waals surface area contributed by atoms with Crippen molar-refractivity contribution in [3.63, 3.8) is 0 Å². The zero-order chi connectivity index (χ0) is 21.6. The lowest BCUT2D eigenvalue weighted by Crippen LogP contribution is -2.53. The summed E-state index contributed by atoms with van der Waals surface area (Å²) in [4.78, 5) is 9.22. The Morgan fingerprint density at radius 2 is 1.90 bits per heavy atom. The molecule has 1 unspecified atom stereocenters. The molecule has 1 fully saturated rings.